The van der Waals surface area contributed by atoms with Crippen LogP contribution in [0.25, 0.3) is 0 Å². The third-order valence-electron chi connectivity index (χ3n) is 3.20. The third kappa shape index (κ3) is 5.13. The lowest BCUT2D eigenvalue weighted by atomic mass is 9.97. The van der Waals surface area contributed by atoms with E-state index in [9.17, 15) is 0 Å². The van der Waals surface area contributed by atoms with E-state index >= 15 is 0 Å². The molecular formula is C16H25N3O. The number of hydrogen-bond acceptors (Lipinski definition) is 3. The molecule has 0 bridgehead atoms. The Hall–Kier alpha value is -1.68. The molecule has 0 radical (unpaired) electrons. The Morgan fingerprint density at radius 1 is 1.60 bits per heavy atom. The monoisotopic (exact) mass is 275 g/mol. The second kappa shape index (κ2) is 9.26. The van der Waals surface area contributed by atoms with Crippen LogP contribution in [-0.2, 0) is 4.74 Å². The summed E-state index contributed by atoms with van der Waals surface area (Å²) in [4.78, 5) is 0. The average Bonchev–Trinajstić information content (AvgIpc) is 2.47. The fraction of sp³-hybridized carbons (Fsp3) is 0.500. The molecule has 0 heterocycles. The molecule has 110 valence electrons. The molecule has 0 saturated carbocycles. The lowest BCUT2D eigenvalue weighted by Gasteiger charge is -2.16. The maximum atomic E-state index is 5.57. The fourth-order valence-electron chi connectivity index (χ4n) is 2.18. The summed E-state index contributed by atoms with van der Waals surface area (Å²) in [7, 11) is 0. The topological polar surface area (TPSA) is 60.0 Å². The van der Waals surface area contributed by atoms with Crippen molar-refractivity contribution >= 4 is 0 Å². The predicted octanol–water partition coefficient (Wildman–Crippen LogP) is 4.09. The lowest BCUT2D eigenvalue weighted by Crippen LogP contribution is -2.11. The number of allylic oxidation sites excluding steroid dienone is 3. The zero-order chi connectivity index (χ0) is 14.8. The maximum Gasteiger partial charge on any atom is 0.0909 e. The maximum absolute atomic E-state index is 5.57. The van der Waals surface area contributed by atoms with Crippen molar-refractivity contribution < 1.29 is 4.74 Å². The Balaban J connectivity index is 2.85. The van der Waals surface area contributed by atoms with Gasteiger partial charge in [-0.3, -0.25) is 0 Å². The van der Waals surface area contributed by atoms with Gasteiger partial charge in [0, 0.05) is 6.61 Å². The number of hydrogen-bond donors (Lipinski definition) is 1. The van der Waals surface area contributed by atoms with E-state index in [1.807, 2.05) is 19.1 Å². The second-order valence-electron chi connectivity index (χ2n) is 4.70. The Bertz CT molecular complexity index is 421. The van der Waals surface area contributed by atoms with Crippen LogP contribution in [0.1, 0.15) is 33.1 Å². The van der Waals surface area contributed by atoms with Crippen molar-refractivity contribution in [3.63, 3.8) is 0 Å². The van der Waals surface area contributed by atoms with Crippen molar-refractivity contribution in [3.05, 3.63) is 48.2 Å². The summed E-state index contributed by atoms with van der Waals surface area (Å²) < 4.78 is 5.57. The van der Waals surface area contributed by atoms with Crippen LogP contribution in [-0.4, -0.2) is 12.7 Å². The summed E-state index contributed by atoms with van der Waals surface area (Å²) in [5.74, 6) is 5.51. The van der Waals surface area contributed by atoms with Crippen molar-refractivity contribution in [2.24, 2.45) is 22.1 Å². The number of rotatable bonds is 8. The van der Waals surface area contributed by atoms with E-state index in [2.05, 4.69) is 42.1 Å². The summed E-state index contributed by atoms with van der Waals surface area (Å²) >= 11 is 0. The summed E-state index contributed by atoms with van der Waals surface area (Å²) in [5, 5.41) is 7.48. The highest BCUT2D eigenvalue weighted by atomic mass is 16.5. The van der Waals surface area contributed by atoms with Crippen LogP contribution in [0.2, 0.25) is 0 Å². The van der Waals surface area contributed by atoms with Gasteiger partial charge >= 0.3 is 0 Å². The molecule has 2 N–H and O–H groups in total. The van der Waals surface area contributed by atoms with Crippen molar-refractivity contribution in [2.75, 3.05) is 6.61 Å². The molecule has 1 aliphatic carbocycles. The van der Waals surface area contributed by atoms with Gasteiger partial charge in [-0.1, -0.05) is 42.9 Å². The Morgan fingerprint density at radius 2 is 2.40 bits per heavy atom. The molecule has 2 atom stereocenters. The highest BCUT2D eigenvalue weighted by Gasteiger charge is 2.12. The molecule has 1 aliphatic rings. The molecule has 0 amide bonds. The number of nitrogens with zero attached hydrogens (tertiary/aromatic N) is 2. The molecule has 0 aromatic carbocycles. The molecule has 4 heteroatoms. The zero-order valence-corrected chi connectivity index (χ0v) is 12.5. The molecule has 0 saturated heterocycles. The van der Waals surface area contributed by atoms with E-state index in [1.54, 1.807) is 0 Å². The Kier molecular flexibility index (Phi) is 7.58. The van der Waals surface area contributed by atoms with E-state index in [1.165, 1.54) is 0 Å². The van der Waals surface area contributed by atoms with Gasteiger partial charge in [-0.2, -0.15) is 0 Å². The number of nitrogens with two attached hydrogens (primary N) is 1. The zero-order valence-electron chi connectivity index (χ0n) is 12.5. The van der Waals surface area contributed by atoms with Crippen molar-refractivity contribution in [3.8, 4) is 0 Å². The van der Waals surface area contributed by atoms with Crippen LogP contribution in [0, 0.1) is 5.92 Å². The van der Waals surface area contributed by atoms with Crippen LogP contribution < -0.4 is 5.84 Å². The van der Waals surface area contributed by atoms with Gasteiger partial charge in [-0.25, -0.2) is 0 Å². The fourth-order valence-corrected chi connectivity index (χ4v) is 2.18. The van der Waals surface area contributed by atoms with Crippen molar-refractivity contribution in [1.29, 1.82) is 0 Å². The van der Waals surface area contributed by atoms with Gasteiger partial charge < -0.3 is 10.6 Å². The first kappa shape index (κ1) is 16.4. The van der Waals surface area contributed by atoms with Crippen molar-refractivity contribution in [2.45, 2.75) is 39.2 Å². The molecule has 0 fully saturated rings. The average molecular weight is 275 g/mol. The summed E-state index contributed by atoms with van der Waals surface area (Å²) in [5.41, 5.74) is 1.84. The first-order valence-electron chi connectivity index (χ1n) is 7.20. The predicted molar refractivity (Wildman–Crippen MR) is 83.0 cm³/mol. The largest absolute Gasteiger partial charge is 0.374 e. The summed E-state index contributed by atoms with van der Waals surface area (Å²) in [6, 6.07) is 0. The van der Waals surface area contributed by atoms with Gasteiger partial charge in [-0.05, 0) is 37.3 Å². The Morgan fingerprint density at radius 3 is 2.90 bits per heavy atom. The van der Waals surface area contributed by atoms with Crippen LogP contribution in [0.15, 0.2) is 58.6 Å². The smallest absolute Gasteiger partial charge is 0.0909 e. The van der Waals surface area contributed by atoms with Gasteiger partial charge in [0.05, 0.1) is 11.8 Å². The van der Waals surface area contributed by atoms with Crippen molar-refractivity contribution in [1.82, 2.24) is 0 Å². The third-order valence-corrected chi connectivity index (χ3v) is 3.20. The highest BCUT2D eigenvalue weighted by molar-refractivity contribution is 5.41. The SMILES string of the molecule is C=CC(/C=C(/N=N/N)C1=CCC(OCC)C=C1)CCC. The van der Waals surface area contributed by atoms with Crippen LogP contribution in [0.5, 0.6) is 0 Å². The van der Waals surface area contributed by atoms with E-state index in [0.717, 1.165) is 37.1 Å². The highest BCUT2D eigenvalue weighted by Crippen LogP contribution is 2.24. The van der Waals surface area contributed by atoms with E-state index < -0.39 is 0 Å². The molecule has 0 aliphatic heterocycles. The molecule has 4 nitrogen and oxygen atoms in total. The van der Waals surface area contributed by atoms with Gasteiger partial charge in [0.1, 0.15) is 0 Å². The Labute approximate surface area is 121 Å². The van der Waals surface area contributed by atoms with E-state index in [-0.39, 0.29) is 6.10 Å². The van der Waals surface area contributed by atoms with Gasteiger partial charge in [0.2, 0.25) is 0 Å². The normalized spacial score (nSPS) is 21.0. The quantitative estimate of drug-likeness (QED) is 0.314. The molecule has 0 spiro atoms. The standard InChI is InChI=1S/C16H25N3O/c1-4-7-13(5-2)12-16(18-19-17)14-8-10-15(11-9-14)20-6-3/h5,8-10,12-13,15H,2,4,6-7,11H2,1,3H3,(H2,17,18)/b16-12+. The minimum absolute atomic E-state index is 0.158. The second-order valence-corrected chi connectivity index (χ2v) is 4.70. The van der Waals surface area contributed by atoms with Crippen LogP contribution in [0.4, 0.5) is 0 Å². The van der Waals surface area contributed by atoms with Gasteiger partial charge in [0.25, 0.3) is 0 Å². The molecule has 0 aromatic heterocycles. The van der Waals surface area contributed by atoms with Crippen LogP contribution in [0.3, 0.4) is 0 Å². The van der Waals surface area contributed by atoms with E-state index in [0.29, 0.717) is 5.92 Å². The van der Waals surface area contributed by atoms with Gasteiger partial charge in [0.15, 0.2) is 0 Å². The molecular weight excluding hydrogens is 250 g/mol. The minimum Gasteiger partial charge on any atom is -0.374 e. The first-order chi connectivity index (χ1) is 9.74. The molecule has 1 rings (SSSR count). The molecule has 0 aromatic rings. The summed E-state index contributed by atoms with van der Waals surface area (Å²) in [6.45, 7) is 8.74. The lowest BCUT2D eigenvalue weighted by molar-refractivity contribution is 0.0976. The molecule has 20 heavy (non-hydrogen) atoms. The minimum atomic E-state index is 0.158. The first-order valence-corrected chi connectivity index (χ1v) is 7.20. The van der Waals surface area contributed by atoms with E-state index in [4.69, 9.17) is 10.6 Å². The van der Waals surface area contributed by atoms with Crippen LogP contribution >= 0.6 is 0 Å². The summed E-state index contributed by atoms with van der Waals surface area (Å²) in [6.07, 6.45) is 13.4. The van der Waals surface area contributed by atoms with Gasteiger partial charge in [-0.15, -0.1) is 11.7 Å². The molecule has 2 unspecified atom stereocenters. The number of ether oxygens (including phenoxy) is 1.